The first kappa shape index (κ1) is 13.1. The van der Waals surface area contributed by atoms with E-state index in [2.05, 4.69) is 15.6 Å². The number of carbonyl (C=O) groups is 1. The van der Waals surface area contributed by atoms with E-state index in [9.17, 15) is 4.79 Å². The van der Waals surface area contributed by atoms with Crippen LogP contribution in [0.4, 0.5) is 5.82 Å². The minimum atomic E-state index is -0.0808. The molecule has 1 heterocycles. The molecule has 1 aliphatic rings. The number of halogens is 1. The van der Waals surface area contributed by atoms with Crippen molar-refractivity contribution in [3.63, 3.8) is 0 Å². The monoisotopic (exact) mass is 267 g/mol. The molecule has 1 aromatic heterocycles. The fourth-order valence-electron chi connectivity index (χ4n) is 2.31. The highest BCUT2D eigenvalue weighted by molar-refractivity contribution is 6.29. The molecule has 0 saturated heterocycles. The first-order valence-corrected chi connectivity index (χ1v) is 6.70. The van der Waals surface area contributed by atoms with Crippen LogP contribution in [0, 0.1) is 5.92 Å². The van der Waals surface area contributed by atoms with Crippen molar-refractivity contribution in [2.24, 2.45) is 5.92 Å². The van der Waals surface area contributed by atoms with Crippen molar-refractivity contribution in [3.8, 4) is 0 Å². The molecule has 0 spiro atoms. The summed E-state index contributed by atoms with van der Waals surface area (Å²) in [5.41, 5.74) is 0.553. The van der Waals surface area contributed by atoms with Gasteiger partial charge in [0.15, 0.2) is 0 Å². The molecule has 0 aliphatic heterocycles. The Balaban J connectivity index is 1.97. The molecule has 1 aliphatic carbocycles. The highest BCUT2D eigenvalue weighted by Gasteiger charge is 2.16. The molecule has 1 saturated carbocycles. The van der Waals surface area contributed by atoms with E-state index in [0.29, 0.717) is 22.5 Å². The van der Waals surface area contributed by atoms with E-state index in [1.807, 2.05) is 0 Å². The van der Waals surface area contributed by atoms with Crippen LogP contribution < -0.4 is 10.6 Å². The van der Waals surface area contributed by atoms with Crippen LogP contribution in [0.2, 0.25) is 5.15 Å². The number of hydrogen-bond acceptors (Lipinski definition) is 3. The van der Waals surface area contributed by atoms with Gasteiger partial charge in [-0.05, 0) is 30.9 Å². The zero-order valence-corrected chi connectivity index (χ0v) is 11.3. The number of hydrogen-bond donors (Lipinski definition) is 2. The van der Waals surface area contributed by atoms with Crippen LogP contribution in [0.25, 0.3) is 0 Å². The number of nitrogens with zero attached hydrogens (tertiary/aromatic N) is 1. The molecule has 2 rings (SSSR count). The fourth-order valence-corrected chi connectivity index (χ4v) is 2.52. The summed E-state index contributed by atoms with van der Waals surface area (Å²) in [6.07, 6.45) is 5.01. The second kappa shape index (κ2) is 6.05. The van der Waals surface area contributed by atoms with Crippen LogP contribution in [0.15, 0.2) is 12.1 Å². The van der Waals surface area contributed by atoms with Crippen molar-refractivity contribution in [1.29, 1.82) is 0 Å². The van der Waals surface area contributed by atoms with Crippen LogP contribution in [-0.4, -0.2) is 24.5 Å². The summed E-state index contributed by atoms with van der Waals surface area (Å²) in [5, 5.41) is 6.18. The van der Waals surface area contributed by atoms with E-state index < -0.39 is 0 Å². The molecule has 4 nitrogen and oxygen atoms in total. The number of nitrogens with one attached hydrogen (secondary N) is 2. The number of pyridine rings is 1. The van der Waals surface area contributed by atoms with Gasteiger partial charge < -0.3 is 10.6 Å². The smallest absolute Gasteiger partial charge is 0.251 e. The Bertz CT molecular complexity index is 430. The third-order valence-corrected chi connectivity index (χ3v) is 3.53. The lowest BCUT2D eigenvalue weighted by Crippen LogP contribution is -2.28. The average molecular weight is 268 g/mol. The van der Waals surface area contributed by atoms with Crippen molar-refractivity contribution in [1.82, 2.24) is 10.3 Å². The van der Waals surface area contributed by atoms with Crippen molar-refractivity contribution in [2.75, 3.05) is 18.9 Å². The Kier molecular flexibility index (Phi) is 4.42. The third-order valence-electron chi connectivity index (χ3n) is 3.34. The molecule has 0 bridgehead atoms. The van der Waals surface area contributed by atoms with E-state index in [1.165, 1.54) is 25.7 Å². The van der Waals surface area contributed by atoms with Gasteiger partial charge in [0.05, 0.1) is 0 Å². The average Bonchev–Trinajstić information content (AvgIpc) is 2.88. The predicted octanol–water partition coefficient (Wildman–Crippen LogP) is 2.70. The lowest BCUT2D eigenvalue weighted by atomic mass is 10.1. The van der Waals surface area contributed by atoms with Crippen LogP contribution in [0.3, 0.4) is 0 Å². The van der Waals surface area contributed by atoms with E-state index in [-0.39, 0.29) is 5.91 Å². The van der Waals surface area contributed by atoms with Crippen LogP contribution in [0.1, 0.15) is 36.0 Å². The van der Waals surface area contributed by atoms with Crippen LogP contribution >= 0.6 is 11.6 Å². The first-order valence-electron chi connectivity index (χ1n) is 6.32. The van der Waals surface area contributed by atoms with E-state index in [1.54, 1.807) is 19.2 Å². The number of carbonyl (C=O) groups excluding carboxylic acids is 1. The zero-order chi connectivity index (χ0) is 13.0. The van der Waals surface area contributed by atoms with Gasteiger partial charge in [-0.3, -0.25) is 4.79 Å². The van der Waals surface area contributed by atoms with Gasteiger partial charge >= 0.3 is 0 Å². The van der Waals surface area contributed by atoms with Gasteiger partial charge in [-0.1, -0.05) is 24.4 Å². The van der Waals surface area contributed by atoms with E-state index >= 15 is 0 Å². The highest BCUT2D eigenvalue weighted by atomic mass is 35.5. The van der Waals surface area contributed by atoms with Crippen LogP contribution in [-0.2, 0) is 0 Å². The Morgan fingerprint density at radius 3 is 2.83 bits per heavy atom. The van der Waals surface area contributed by atoms with E-state index in [0.717, 1.165) is 6.54 Å². The van der Waals surface area contributed by atoms with Gasteiger partial charge in [-0.15, -0.1) is 0 Å². The van der Waals surface area contributed by atoms with Gasteiger partial charge in [0.25, 0.3) is 5.91 Å². The Morgan fingerprint density at radius 1 is 1.44 bits per heavy atom. The second-order valence-corrected chi connectivity index (χ2v) is 5.06. The minimum absolute atomic E-state index is 0.0808. The Hall–Kier alpha value is -1.29. The first-order chi connectivity index (χ1) is 8.69. The summed E-state index contributed by atoms with van der Waals surface area (Å²) < 4.78 is 0. The van der Waals surface area contributed by atoms with Crippen molar-refractivity contribution in [2.45, 2.75) is 25.7 Å². The Morgan fingerprint density at radius 2 is 2.17 bits per heavy atom. The number of aromatic nitrogens is 1. The largest absolute Gasteiger partial charge is 0.373 e. The Labute approximate surface area is 112 Å². The second-order valence-electron chi connectivity index (χ2n) is 4.67. The molecule has 1 amide bonds. The van der Waals surface area contributed by atoms with E-state index in [4.69, 9.17) is 11.6 Å². The fraction of sp³-hybridized carbons (Fsp3) is 0.538. The molecule has 18 heavy (non-hydrogen) atoms. The molecular formula is C13H18ClN3O. The molecule has 2 N–H and O–H groups in total. The lowest BCUT2D eigenvalue weighted by molar-refractivity contribution is 0.0947. The molecule has 1 aromatic rings. The molecule has 1 fully saturated rings. The number of amides is 1. The third kappa shape index (κ3) is 3.35. The molecule has 98 valence electrons. The lowest BCUT2D eigenvalue weighted by Gasteiger charge is -2.11. The van der Waals surface area contributed by atoms with Gasteiger partial charge in [0.2, 0.25) is 0 Å². The van der Waals surface area contributed by atoms with Gasteiger partial charge in [-0.2, -0.15) is 0 Å². The minimum Gasteiger partial charge on any atom is -0.373 e. The SMILES string of the molecule is CNc1cc(C(=O)NCC2CCCC2)cc(Cl)n1. The van der Waals surface area contributed by atoms with Crippen molar-refractivity contribution >= 4 is 23.3 Å². The summed E-state index contributed by atoms with van der Waals surface area (Å²) in [4.78, 5) is 16.0. The highest BCUT2D eigenvalue weighted by Crippen LogP contribution is 2.23. The van der Waals surface area contributed by atoms with Gasteiger partial charge in [0, 0.05) is 19.2 Å². The maximum Gasteiger partial charge on any atom is 0.251 e. The maximum atomic E-state index is 12.0. The molecule has 0 unspecified atom stereocenters. The topological polar surface area (TPSA) is 54.0 Å². The molecule has 0 atom stereocenters. The van der Waals surface area contributed by atoms with Crippen molar-refractivity contribution in [3.05, 3.63) is 22.8 Å². The van der Waals surface area contributed by atoms with Crippen molar-refractivity contribution < 1.29 is 4.79 Å². The number of rotatable bonds is 4. The summed E-state index contributed by atoms with van der Waals surface area (Å²) in [6.45, 7) is 0.758. The van der Waals surface area contributed by atoms with Crippen LogP contribution in [0.5, 0.6) is 0 Å². The van der Waals surface area contributed by atoms with Gasteiger partial charge in [-0.25, -0.2) is 4.98 Å². The predicted molar refractivity (Wildman–Crippen MR) is 73.1 cm³/mol. The summed E-state index contributed by atoms with van der Waals surface area (Å²) in [7, 11) is 1.75. The summed E-state index contributed by atoms with van der Waals surface area (Å²) in [5.74, 6) is 1.16. The molecule has 0 radical (unpaired) electrons. The molecule has 5 heteroatoms. The van der Waals surface area contributed by atoms with Gasteiger partial charge in [0.1, 0.15) is 11.0 Å². The quantitative estimate of drug-likeness (QED) is 0.825. The zero-order valence-electron chi connectivity index (χ0n) is 10.5. The molecular weight excluding hydrogens is 250 g/mol. The summed E-state index contributed by atoms with van der Waals surface area (Å²) in [6, 6.07) is 3.29. The number of anilines is 1. The standard InChI is InChI=1S/C13H18ClN3O/c1-15-12-7-10(6-11(14)17-12)13(18)16-8-9-4-2-3-5-9/h6-7,9H,2-5,8H2,1H3,(H,15,17)(H,16,18). The summed E-state index contributed by atoms with van der Waals surface area (Å²) >= 11 is 5.87. The maximum absolute atomic E-state index is 12.0. The molecule has 0 aromatic carbocycles. The normalized spacial score (nSPS) is 15.7.